The van der Waals surface area contributed by atoms with Crippen molar-refractivity contribution in [3.63, 3.8) is 0 Å². The molecule has 1 aromatic heterocycles. The van der Waals surface area contributed by atoms with Gasteiger partial charge in [-0.25, -0.2) is 4.98 Å². The van der Waals surface area contributed by atoms with E-state index in [9.17, 15) is 4.79 Å². The maximum Gasteiger partial charge on any atom is 0.239 e. The minimum Gasteiger partial charge on any atom is -0.350 e. The number of thiazole rings is 1. The smallest absolute Gasteiger partial charge is 0.239 e. The predicted molar refractivity (Wildman–Crippen MR) is 121 cm³/mol. The van der Waals surface area contributed by atoms with Crippen LogP contribution in [-0.4, -0.2) is 83.9 Å². The van der Waals surface area contributed by atoms with Gasteiger partial charge < -0.3 is 15.1 Å². The average molecular weight is 506 g/mol. The van der Waals surface area contributed by atoms with Crippen LogP contribution in [0.2, 0.25) is 0 Å². The lowest BCUT2D eigenvalue weighted by molar-refractivity contribution is -0.135. The lowest BCUT2D eigenvalue weighted by Gasteiger charge is -2.39. The van der Waals surface area contributed by atoms with E-state index in [0.717, 1.165) is 68.8 Å². The van der Waals surface area contributed by atoms with Crippen molar-refractivity contribution in [1.82, 2.24) is 25.0 Å². The first kappa shape index (κ1) is 22.4. The summed E-state index contributed by atoms with van der Waals surface area (Å²) in [5, 5.41) is 6.55. The number of piperazine rings is 1. The molecule has 3 heterocycles. The Labute approximate surface area is 183 Å². The summed E-state index contributed by atoms with van der Waals surface area (Å²) in [5.74, 6) is 1.20. The number of amides is 1. The molecule has 0 spiro atoms. The van der Waals surface area contributed by atoms with Crippen LogP contribution in [0.3, 0.4) is 0 Å². The summed E-state index contributed by atoms with van der Waals surface area (Å²) in [5.41, 5.74) is 1.06. The molecule has 0 aliphatic carbocycles. The Bertz CT molecular complexity index is 638. The van der Waals surface area contributed by atoms with Gasteiger partial charge in [-0.1, -0.05) is 0 Å². The van der Waals surface area contributed by atoms with Crippen molar-refractivity contribution in [3.8, 4) is 0 Å². The third-order valence-corrected chi connectivity index (χ3v) is 6.18. The van der Waals surface area contributed by atoms with Crippen LogP contribution in [0.15, 0.2) is 10.4 Å². The molecule has 2 aliphatic heterocycles. The fourth-order valence-electron chi connectivity index (χ4n) is 3.65. The van der Waals surface area contributed by atoms with Gasteiger partial charge in [-0.15, -0.1) is 35.3 Å². The molecule has 0 bridgehead atoms. The number of aryl methyl sites for hydroxylation is 1. The monoisotopic (exact) mass is 506 g/mol. The quantitative estimate of drug-likeness (QED) is 0.383. The molecule has 7 nitrogen and oxygen atoms in total. The van der Waals surface area contributed by atoms with Gasteiger partial charge in [-0.05, 0) is 26.7 Å². The Hall–Kier alpha value is -0.940. The van der Waals surface area contributed by atoms with Crippen LogP contribution in [0.25, 0.3) is 0 Å². The third kappa shape index (κ3) is 5.77. The van der Waals surface area contributed by atoms with Crippen LogP contribution in [0.5, 0.6) is 0 Å². The number of hydrogen-bond donors (Lipinski definition) is 1. The fourth-order valence-corrected chi connectivity index (χ4v) is 4.36. The largest absolute Gasteiger partial charge is 0.350 e. The first-order valence-corrected chi connectivity index (χ1v) is 10.4. The van der Waals surface area contributed by atoms with Gasteiger partial charge >= 0.3 is 0 Å². The molecule has 9 heteroatoms. The van der Waals surface area contributed by atoms with Crippen LogP contribution in [0.1, 0.15) is 30.5 Å². The summed E-state index contributed by atoms with van der Waals surface area (Å²) in [6, 6.07) is -0.0245. The van der Waals surface area contributed by atoms with E-state index in [1.54, 1.807) is 11.3 Å². The molecule has 2 aliphatic rings. The number of aliphatic imine (C=N–C) groups is 1. The molecule has 0 saturated carbocycles. The molecule has 3 rings (SSSR count). The number of hydrogen-bond acceptors (Lipinski definition) is 5. The minimum atomic E-state index is -0.0245. The lowest BCUT2D eigenvalue weighted by atomic mass is 10.2. The van der Waals surface area contributed by atoms with Gasteiger partial charge in [-0.2, -0.15) is 0 Å². The second kappa shape index (κ2) is 10.6. The first-order chi connectivity index (χ1) is 12.6. The number of halogens is 1. The second-order valence-electron chi connectivity index (χ2n) is 7.01. The minimum absolute atomic E-state index is 0. The van der Waals surface area contributed by atoms with Crippen molar-refractivity contribution in [3.05, 3.63) is 16.1 Å². The zero-order valence-electron chi connectivity index (χ0n) is 16.5. The van der Waals surface area contributed by atoms with Crippen molar-refractivity contribution < 1.29 is 4.79 Å². The summed E-state index contributed by atoms with van der Waals surface area (Å²) in [6.07, 6.45) is 2.29. The lowest BCUT2D eigenvalue weighted by Crippen LogP contribution is -2.57. The zero-order valence-corrected chi connectivity index (χ0v) is 19.6. The van der Waals surface area contributed by atoms with Crippen LogP contribution >= 0.6 is 35.3 Å². The van der Waals surface area contributed by atoms with Crippen molar-refractivity contribution >= 4 is 47.2 Å². The van der Waals surface area contributed by atoms with Crippen molar-refractivity contribution in [2.45, 2.75) is 39.3 Å². The van der Waals surface area contributed by atoms with Gasteiger partial charge in [-0.3, -0.25) is 14.7 Å². The van der Waals surface area contributed by atoms with E-state index >= 15 is 0 Å². The van der Waals surface area contributed by atoms with E-state index in [4.69, 9.17) is 0 Å². The predicted octanol–water partition coefficient (Wildman–Crippen LogP) is 1.77. The number of nitrogens with zero attached hydrogens (tertiary/aromatic N) is 5. The van der Waals surface area contributed by atoms with Gasteiger partial charge in [0.05, 0.1) is 12.6 Å². The van der Waals surface area contributed by atoms with Gasteiger partial charge in [0.1, 0.15) is 5.01 Å². The molecule has 152 valence electrons. The number of carbonyl (C=O) groups is 1. The van der Waals surface area contributed by atoms with E-state index in [0.29, 0.717) is 6.54 Å². The molecule has 0 radical (unpaired) electrons. The summed E-state index contributed by atoms with van der Waals surface area (Å²) < 4.78 is 0. The third-order valence-electron chi connectivity index (χ3n) is 5.21. The molecule has 2 saturated heterocycles. The molecule has 1 aromatic rings. The highest BCUT2D eigenvalue weighted by molar-refractivity contribution is 14.0. The molecule has 1 unspecified atom stereocenters. The molecule has 1 N–H and O–H groups in total. The topological polar surface area (TPSA) is 64.1 Å². The molecule has 27 heavy (non-hydrogen) atoms. The van der Waals surface area contributed by atoms with E-state index < -0.39 is 0 Å². The standard InChI is InChI=1S/C18H30N6OS.HI/c1-14-13-26-16(21-14)12-20-18(19-3)24-10-8-22(9-11-24)15(2)17(25)23-6-4-5-7-23;/h13,15H,4-12H2,1-3H3,(H,19,20);1H. The number of nitrogens with one attached hydrogen (secondary N) is 1. The number of guanidine groups is 1. The first-order valence-electron chi connectivity index (χ1n) is 9.48. The molecule has 2 fully saturated rings. The summed E-state index contributed by atoms with van der Waals surface area (Å²) >= 11 is 1.67. The van der Waals surface area contributed by atoms with E-state index in [1.807, 2.05) is 25.8 Å². The normalized spacial score (nSPS) is 19.7. The summed E-state index contributed by atoms with van der Waals surface area (Å²) in [7, 11) is 1.82. The van der Waals surface area contributed by atoms with Gasteiger partial charge in [0.25, 0.3) is 0 Å². The maximum atomic E-state index is 12.6. The Kier molecular flexibility index (Phi) is 8.74. The SMILES string of the molecule is CN=C(NCc1nc(C)cs1)N1CCN(C(C)C(=O)N2CCCC2)CC1.I. The second-order valence-corrected chi connectivity index (χ2v) is 7.96. The van der Waals surface area contributed by atoms with Crippen molar-refractivity contribution in [2.75, 3.05) is 46.3 Å². The highest BCUT2D eigenvalue weighted by Crippen LogP contribution is 2.14. The zero-order chi connectivity index (χ0) is 18.5. The average Bonchev–Trinajstić information content (AvgIpc) is 3.33. The van der Waals surface area contributed by atoms with Crippen LogP contribution in [0, 0.1) is 6.92 Å². The highest BCUT2D eigenvalue weighted by atomic mass is 127. The van der Waals surface area contributed by atoms with E-state index in [2.05, 4.69) is 30.5 Å². The summed E-state index contributed by atoms with van der Waals surface area (Å²) in [4.78, 5) is 28.1. The van der Waals surface area contributed by atoms with Crippen LogP contribution in [-0.2, 0) is 11.3 Å². The molecular weight excluding hydrogens is 475 g/mol. The fraction of sp³-hybridized carbons (Fsp3) is 0.722. The number of likely N-dealkylation sites (tertiary alicyclic amines) is 1. The van der Waals surface area contributed by atoms with Gasteiger partial charge in [0.15, 0.2) is 5.96 Å². The number of aromatic nitrogens is 1. The Morgan fingerprint density at radius 3 is 2.44 bits per heavy atom. The number of carbonyl (C=O) groups excluding carboxylic acids is 1. The van der Waals surface area contributed by atoms with Crippen LogP contribution in [0.4, 0.5) is 0 Å². The highest BCUT2D eigenvalue weighted by Gasteiger charge is 2.30. The van der Waals surface area contributed by atoms with E-state index in [-0.39, 0.29) is 35.9 Å². The Morgan fingerprint density at radius 1 is 1.22 bits per heavy atom. The summed E-state index contributed by atoms with van der Waals surface area (Å²) in [6.45, 7) is 10.2. The van der Waals surface area contributed by atoms with Gasteiger partial charge in [0.2, 0.25) is 5.91 Å². The van der Waals surface area contributed by atoms with Crippen molar-refractivity contribution in [1.29, 1.82) is 0 Å². The molecule has 0 aromatic carbocycles. The van der Waals surface area contributed by atoms with E-state index in [1.165, 1.54) is 0 Å². The molecular formula is C18H31IN6OS. The Morgan fingerprint density at radius 2 is 1.89 bits per heavy atom. The van der Waals surface area contributed by atoms with Gasteiger partial charge in [0, 0.05) is 57.4 Å². The Balaban J connectivity index is 0.00000261. The molecule has 1 amide bonds. The van der Waals surface area contributed by atoms with Crippen molar-refractivity contribution in [2.24, 2.45) is 4.99 Å². The maximum absolute atomic E-state index is 12.6. The van der Waals surface area contributed by atoms with Crippen LogP contribution < -0.4 is 5.32 Å². The number of rotatable bonds is 4. The molecule has 1 atom stereocenters.